The molecular formula is C22H21N3O2. The summed E-state index contributed by atoms with van der Waals surface area (Å²) in [5.41, 5.74) is 3.95. The van der Waals surface area contributed by atoms with Crippen LogP contribution in [0.25, 0.3) is 22.6 Å². The van der Waals surface area contributed by atoms with Crippen LogP contribution >= 0.6 is 0 Å². The van der Waals surface area contributed by atoms with E-state index < -0.39 is 0 Å². The Bertz CT molecular complexity index is 1060. The van der Waals surface area contributed by atoms with Crippen molar-refractivity contribution in [1.29, 1.82) is 0 Å². The molecule has 0 radical (unpaired) electrons. The lowest BCUT2D eigenvalue weighted by Gasteiger charge is -2.13. The second-order valence-electron chi connectivity index (χ2n) is 6.23. The number of hydrogen-bond donors (Lipinski definition) is 0. The van der Waals surface area contributed by atoms with E-state index in [1.807, 2.05) is 36.4 Å². The van der Waals surface area contributed by atoms with Gasteiger partial charge in [-0.15, -0.1) is 0 Å². The minimum atomic E-state index is 0.727. The highest BCUT2D eigenvalue weighted by molar-refractivity contribution is 5.79. The third-order valence-electron chi connectivity index (χ3n) is 4.62. The van der Waals surface area contributed by atoms with Crippen molar-refractivity contribution in [2.45, 2.75) is 13.0 Å². The van der Waals surface area contributed by atoms with Gasteiger partial charge in [0, 0.05) is 18.8 Å². The fraction of sp³-hybridized carbons (Fsp3) is 0.182. The minimum absolute atomic E-state index is 0.727. The molecule has 0 fully saturated rings. The van der Waals surface area contributed by atoms with Crippen LogP contribution in [0.5, 0.6) is 11.5 Å². The van der Waals surface area contributed by atoms with Gasteiger partial charge in [0.15, 0.2) is 5.65 Å². The monoisotopic (exact) mass is 359 g/mol. The number of ether oxygens (including phenoxy) is 2. The molecule has 0 amide bonds. The van der Waals surface area contributed by atoms with Gasteiger partial charge in [0.05, 0.1) is 19.8 Å². The van der Waals surface area contributed by atoms with Crippen LogP contribution in [0.2, 0.25) is 0 Å². The van der Waals surface area contributed by atoms with E-state index in [0.717, 1.165) is 47.0 Å². The zero-order valence-electron chi connectivity index (χ0n) is 15.4. The standard InChI is InChI=1S/C22H21N3O2/c1-26-17-10-11-18(20(15-17)27-2)21-24-19-9-6-13-23-22(19)25(21)14-12-16-7-4-3-5-8-16/h3-11,13,15H,12,14H2,1-2H3. The van der Waals surface area contributed by atoms with Crippen LogP contribution in [0.15, 0.2) is 66.9 Å². The first-order valence-corrected chi connectivity index (χ1v) is 8.87. The highest BCUT2D eigenvalue weighted by Gasteiger charge is 2.17. The summed E-state index contributed by atoms with van der Waals surface area (Å²) in [4.78, 5) is 9.40. The fourth-order valence-corrected chi connectivity index (χ4v) is 3.24. The average molecular weight is 359 g/mol. The quantitative estimate of drug-likeness (QED) is 0.513. The Morgan fingerprint density at radius 2 is 1.78 bits per heavy atom. The molecule has 2 heterocycles. The lowest BCUT2D eigenvalue weighted by atomic mass is 10.1. The number of hydrogen-bond acceptors (Lipinski definition) is 4. The molecule has 4 aromatic rings. The van der Waals surface area contributed by atoms with E-state index in [9.17, 15) is 0 Å². The molecule has 0 spiro atoms. The number of nitrogens with zero attached hydrogens (tertiary/aromatic N) is 3. The number of aryl methyl sites for hydroxylation is 2. The van der Waals surface area contributed by atoms with E-state index in [1.54, 1.807) is 20.4 Å². The highest BCUT2D eigenvalue weighted by atomic mass is 16.5. The molecule has 5 nitrogen and oxygen atoms in total. The van der Waals surface area contributed by atoms with Gasteiger partial charge in [-0.05, 0) is 36.2 Å². The lowest BCUT2D eigenvalue weighted by molar-refractivity contribution is 0.395. The van der Waals surface area contributed by atoms with Crippen molar-refractivity contribution < 1.29 is 9.47 Å². The predicted octanol–water partition coefficient (Wildman–Crippen LogP) is 4.36. The second-order valence-corrected chi connectivity index (χ2v) is 6.23. The smallest absolute Gasteiger partial charge is 0.160 e. The Balaban J connectivity index is 1.81. The molecule has 0 atom stereocenters. The third-order valence-corrected chi connectivity index (χ3v) is 4.62. The van der Waals surface area contributed by atoms with E-state index in [1.165, 1.54) is 5.56 Å². The van der Waals surface area contributed by atoms with Crippen molar-refractivity contribution in [3.63, 3.8) is 0 Å². The number of fused-ring (bicyclic) bond motifs is 1. The zero-order valence-corrected chi connectivity index (χ0v) is 15.4. The summed E-state index contributed by atoms with van der Waals surface area (Å²) in [6.45, 7) is 0.780. The predicted molar refractivity (Wildman–Crippen MR) is 106 cm³/mol. The van der Waals surface area contributed by atoms with E-state index in [2.05, 4.69) is 33.8 Å². The van der Waals surface area contributed by atoms with E-state index in [4.69, 9.17) is 14.5 Å². The van der Waals surface area contributed by atoms with Crippen LogP contribution in [0.4, 0.5) is 0 Å². The van der Waals surface area contributed by atoms with Crippen molar-refractivity contribution in [1.82, 2.24) is 14.5 Å². The van der Waals surface area contributed by atoms with Crippen molar-refractivity contribution in [3.8, 4) is 22.9 Å². The SMILES string of the molecule is COc1ccc(-c2nc3cccnc3n2CCc2ccccc2)c(OC)c1. The maximum Gasteiger partial charge on any atom is 0.160 e. The molecule has 0 aliphatic rings. The largest absolute Gasteiger partial charge is 0.497 e. The zero-order chi connectivity index (χ0) is 18.6. The topological polar surface area (TPSA) is 49.2 Å². The number of imidazole rings is 1. The molecule has 0 saturated carbocycles. The van der Waals surface area contributed by atoms with Gasteiger partial charge in [0.1, 0.15) is 22.8 Å². The van der Waals surface area contributed by atoms with Gasteiger partial charge >= 0.3 is 0 Å². The fourth-order valence-electron chi connectivity index (χ4n) is 3.24. The Hall–Kier alpha value is -3.34. The maximum atomic E-state index is 5.60. The van der Waals surface area contributed by atoms with Crippen molar-refractivity contribution >= 4 is 11.2 Å². The summed E-state index contributed by atoms with van der Waals surface area (Å²) in [5, 5.41) is 0. The van der Waals surface area contributed by atoms with Gasteiger partial charge in [-0.25, -0.2) is 9.97 Å². The summed E-state index contributed by atoms with van der Waals surface area (Å²) in [6, 6.07) is 20.1. The van der Waals surface area contributed by atoms with Crippen LogP contribution in [-0.4, -0.2) is 28.8 Å². The number of pyridine rings is 1. The summed E-state index contributed by atoms with van der Waals surface area (Å²) >= 11 is 0. The lowest BCUT2D eigenvalue weighted by Crippen LogP contribution is -2.05. The molecule has 0 aliphatic heterocycles. The molecule has 0 unspecified atom stereocenters. The number of aromatic nitrogens is 3. The molecule has 0 saturated heterocycles. The van der Waals surface area contributed by atoms with Crippen molar-refractivity contribution in [2.75, 3.05) is 14.2 Å². The second kappa shape index (κ2) is 7.50. The van der Waals surface area contributed by atoms with Crippen molar-refractivity contribution in [3.05, 3.63) is 72.4 Å². The molecule has 4 rings (SSSR count). The Morgan fingerprint density at radius 1 is 0.926 bits per heavy atom. The normalized spacial score (nSPS) is 10.9. The summed E-state index contributed by atoms with van der Waals surface area (Å²) in [7, 11) is 3.31. The molecule has 0 aliphatic carbocycles. The number of methoxy groups -OCH3 is 2. The van der Waals surface area contributed by atoms with E-state index in [0.29, 0.717) is 0 Å². The minimum Gasteiger partial charge on any atom is -0.497 e. The molecule has 5 heteroatoms. The van der Waals surface area contributed by atoms with Crippen LogP contribution in [0, 0.1) is 0 Å². The molecule has 0 N–H and O–H groups in total. The summed E-state index contributed by atoms with van der Waals surface area (Å²) in [6.07, 6.45) is 2.70. The van der Waals surface area contributed by atoms with Crippen molar-refractivity contribution in [2.24, 2.45) is 0 Å². The first-order valence-electron chi connectivity index (χ1n) is 8.87. The summed E-state index contributed by atoms with van der Waals surface area (Å²) < 4.78 is 13.1. The molecular weight excluding hydrogens is 338 g/mol. The van der Waals surface area contributed by atoms with Gasteiger partial charge in [-0.1, -0.05) is 30.3 Å². The Labute approximate surface area is 158 Å². The highest BCUT2D eigenvalue weighted by Crippen LogP contribution is 2.34. The number of benzene rings is 2. The van der Waals surface area contributed by atoms with Gasteiger partial charge in [0.2, 0.25) is 0 Å². The average Bonchev–Trinajstić information content (AvgIpc) is 3.10. The van der Waals surface area contributed by atoms with Crippen LogP contribution in [0.1, 0.15) is 5.56 Å². The van der Waals surface area contributed by atoms with E-state index >= 15 is 0 Å². The third kappa shape index (κ3) is 3.36. The number of rotatable bonds is 6. The first-order chi connectivity index (χ1) is 13.3. The van der Waals surface area contributed by atoms with Gasteiger partial charge in [-0.2, -0.15) is 0 Å². The van der Waals surface area contributed by atoms with Gasteiger partial charge < -0.3 is 14.0 Å². The molecule has 136 valence electrons. The van der Waals surface area contributed by atoms with Crippen LogP contribution < -0.4 is 9.47 Å². The van der Waals surface area contributed by atoms with E-state index in [-0.39, 0.29) is 0 Å². The Morgan fingerprint density at radius 3 is 2.56 bits per heavy atom. The molecule has 27 heavy (non-hydrogen) atoms. The van der Waals surface area contributed by atoms with Gasteiger partial charge in [-0.3, -0.25) is 0 Å². The molecule has 2 aromatic heterocycles. The van der Waals surface area contributed by atoms with Crippen LogP contribution in [-0.2, 0) is 13.0 Å². The molecule has 0 bridgehead atoms. The van der Waals surface area contributed by atoms with Gasteiger partial charge in [0.25, 0.3) is 0 Å². The summed E-state index contributed by atoms with van der Waals surface area (Å²) in [5.74, 6) is 2.32. The maximum absolute atomic E-state index is 5.60. The Kier molecular flexibility index (Phi) is 4.75. The first kappa shape index (κ1) is 17.1. The van der Waals surface area contributed by atoms with Crippen LogP contribution in [0.3, 0.4) is 0 Å². The molecule has 2 aromatic carbocycles.